The first-order valence-electron chi connectivity index (χ1n) is 9.73. The van der Waals surface area contributed by atoms with Crippen LogP contribution in [0.15, 0.2) is 49.3 Å². The molecule has 10 heteroatoms. The van der Waals surface area contributed by atoms with E-state index in [1.807, 2.05) is 42.9 Å². The summed E-state index contributed by atoms with van der Waals surface area (Å²) >= 11 is 6.13. The lowest BCUT2D eigenvalue weighted by Crippen LogP contribution is -2.35. The zero-order chi connectivity index (χ0) is 21.5. The van der Waals surface area contributed by atoms with Crippen molar-refractivity contribution in [2.24, 2.45) is 7.05 Å². The fourth-order valence-corrected chi connectivity index (χ4v) is 3.82. The molecule has 0 fully saturated rings. The lowest BCUT2D eigenvalue weighted by molar-refractivity contribution is 0.0938. The van der Waals surface area contributed by atoms with Gasteiger partial charge in [0.1, 0.15) is 16.9 Å². The summed E-state index contributed by atoms with van der Waals surface area (Å²) in [4.78, 5) is 29.1. The second-order valence-corrected chi connectivity index (χ2v) is 7.86. The zero-order valence-electron chi connectivity index (χ0n) is 16.9. The molecular weight excluding hydrogens is 416 g/mol. The van der Waals surface area contributed by atoms with E-state index in [1.54, 1.807) is 29.6 Å². The molecule has 0 aliphatic carbocycles. The van der Waals surface area contributed by atoms with Crippen LogP contribution in [-0.4, -0.2) is 46.2 Å². The molecule has 0 aliphatic rings. The number of aryl methyl sites for hydroxylation is 1. The van der Waals surface area contributed by atoms with Crippen molar-refractivity contribution in [2.45, 2.75) is 19.5 Å². The van der Waals surface area contributed by atoms with Gasteiger partial charge in [-0.05, 0) is 25.1 Å². The van der Waals surface area contributed by atoms with Gasteiger partial charge in [0.15, 0.2) is 5.65 Å². The smallest absolute Gasteiger partial charge is 0.255 e. The second-order valence-electron chi connectivity index (χ2n) is 7.42. The van der Waals surface area contributed by atoms with Gasteiger partial charge in [-0.3, -0.25) is 9.48 Å². The third kappa shape index (κ3) is 3.53. The standard InChI is InChI=1S/C21H19ClN8O/c1-12(10-30-6-5-23-11-30)26-21(31)15-8-24-20-19(15)27-16(9-25-20)18-14-4-3-13(22)7-17(14)29(2)28-18/h3-9,11-12H,10H2,1-2H3,(H,24,25)(H,26,31)/t12-/m1/s1. The number of hydrogen-bond acceptors (Lipinski definition) is 5. The second kappa shape index (κ2) is 7.51. The van der Waals surface area contributed by atoms with Crippen LogP contribution in [0.3, 0.4) is 0 Å². The Morgan fingerprint density at radius 2 is 2.23 bits per heavy atom. The maximum absolute atomic E-state index is 12.9. The summed E-state index contributed by atoms with van der Waals surface area (Å²) in [7, 11) is 1.85. The number of aromatic nitrogens is 7. The van der Waals surface area contributed by atoms with E-state index in [0.717, 1.165) is 10.9 Å². The van der Waals surface area contributed by atoms with Gasteiger partial charge in [0, 0.05) is 48.6 Å². The molecule has 0 spiro atoms. The molecule has 156 valence electrons. The highest BCUT2D eigenvalue weighted by Gasteiger charge is 2.19. The van der Waals surface area contributed by atoms with E-state index in [4.69, 9.17) is 16.6 Å². The van der Waals surface area contributed by atoms with Gasteiger partial charge < -0.3 is 14.9 Å². The number of aromatic amines is 1. The van der Waals surface area contributed by atoms with Gasteiger partial charge in [-0.1, -0.05) is 11.6 Å². The minimum absolute atomic E-state index is 0.0905. The lowest BCUT2D eigenvalue weighted by Gasteiger charge is -2.13. The van der Waals surface area contributed by atoms with Gasteiger partial charge in [-0.25, -0.2) is 15.0 Å². The number of hydrogen-bond donors (Lipinski definition) is 2. The van der Waals surface area contributed by atoms with Gasteiger partial charge in [-0.2, -0.15) is 5.10 Å². The molecule has 5 aromatic rings. The van der Waals surface area contributed by atoms with Crippen molar-refractivity contribution >= 4 is 39.6 Å². The molecule has 2 N–H and O–H groups in total. The fourth-order valence-electron chi connectivity index (χ4n) is 3.66. The normalized spacial score (nSPS) is 12.5. The average molecular weight is 435 g/mol. The van der Waals surface area contributed by atoms with Crippen molar-refractivity contribution in [2.75, 3.05) is 0 Å². The van der Waals surface area contributed by atoms with E-state index >= 15 is 0 Å². The average Bonchev–Trinajstić information content (AvgIpc) is 3.47. The number of imidazole rings is 1. The van der Waals surface area contributed by atoms with E-state index in [1.165, 1.54) is 0 Å². The predicted molar refractivity (Wildman–Crippen MR) is 118 cm³/mol. The topological polar surface area (TPSA) is 106 Å². The Kier molecular flexibility index (Phi) is 4.67. The summed E-state index contributed by atoms with van der Waals surface area (Å²) in [6.07, 6.45) is 8.57. The monoisotopic (exact) mass is 434 g/mol. The Balaban J connectivity index is 1.48. The van der Waals surface area contributed by atoms with E-state index in [9.17, 15) is 4.79 Å². The highest BCUT2D eigenvalue weighted by Crippen LogP contribution is 2.29. The van der Waals surface area contributed by atoms with E-state index in [-0.39, 0.29) is 11.9 Å². The van der Waals surface area contributed by atoms with Crippen LogP contribution >= 0.6 is 11.6 Å². The van der Waals surface area contributed by atoms with Crippen molar-refractivity contribution in [3.63, 3.8) is 0 Å². The molecule has 0 unspecified atom stereocenters. The maximum Gasteiger partial charge on any atom is 0.255 e. The first-order chi connectivity index (χ1) is 15.0. The quantitative estimate of drug-likeness (QED) is 0.442. The third-order valence-corrected chi connectivity index (χ3v) is 5.34. The van der Waals surface area contributed by atoms with Gasteiger partial charge in [0.05, 0.1) is 23.6 Å². The number of fused-ring (bicyclic) bond motifs is 2. The molecule has 0 bridgehead atoms. The van der Waals surface area contributed by atoms with Crippen molar-refractivity contribution in [3.05, 3.63) is 59.9 Å². The van der Waals surface area contributed by atoms with Crippen LogP contribution in [0.5, 0.6) is 0 Å². The molecule has 4 heterocycles. The first kappa shape index (κ1) is 19.3. The van der Waals surface area contributed by atoms with Gasteiger partial charge in [-0.15, -0.1) is 0 Å². The van der Waals surface area contributed by atoms with Gasteiger partial charge in [0.2, 0.25) is 0 Å². The molecule has 9 nitrogen and oxygen atoms in total. The Morgan fingerprint density at radius 1 is 1.35 bits per heavy atom. The summed E-state index contributed by atoms with van der Waals surface area (Å²) < 4.78 is 3.67. The molecule has 1 aromatic carbocycles. The molecule has 1 amide bonds. The minimum Gasteiger partial charge on any atom is -0.348 e. The summed E-state index contributed by atoms with van der Waals surface area (Å²) in [5.74, 6) is -0.219. The van der Waals surface area contributed by atoms with Crippen molar-refractivity contribution in [1.82, 2.24) is 39.6 Å². The number of amides is 1. The van der Waals surface area contributed by atoms with E-state index < -0.39 is 0 Å². The Bertz CT molecular complexity index is 1400. The number of H-pyrrole nitrogens is 1. The van der Waals surface area contributed by atoms with E-state index in [2.05, 4.69) is 25.4 Å². The lowest BCUT2D eigenvalue weighted by atomic mass is 10.1. The Morgan fingerprint density at radius 3 is 3.03 bits per heavy atom. The van der Waals surface area contributed by atoms with Crippen LogP contribution in [0.1, 0.15) is 17.3 Å². The number of nitrogens with zero attached hydrogens (tertiary/aromatic N) is 6. The van der Waals surface area contributed by atoms with Crippen molar-refractivity contribution in [1.29, 1.82) is 0 Å². The van der Waals surface area contributed by atoms with Crippen molar-refractivity contribution in [3.8, 4) is 11.4 Å². The number of carbonyl (C=O) groups excluding carboxylic acids is 1. The highest BCUT2D eigenvalue weighted by atomic mass is 35.5. The number of rotatable bonds is 5. The minimum atomic E-state index is -0.219. The SMILES string of the molecule is C[C@H](Cn1ccnc1)NC(=O)c1c[nH]c2ncc(-c3nn(C)c4cc(Cl)ccc34)nc12. The highest BCUT2D eigenvalue weighted by molar-refractivity contribution is 6.31. The zero-order valence-corrected chi connectivity index (χ0v) is 17.6. The third-order valence-electron chi connectivity index (χ3n) is 5.10. The van der Waals surface area contributed by atoms with Crippen LogP contribution in [0.2, 0.25) is 5.02 Å². The number of carbonyl (C=O) groups is 1. The fraction of sp³-hybridized carbons (Fsp3) is 0.190. The van der Waals surface area contributed by atoms with E-state index in [0.29, 0.717) is 39.7 Å². The number of halogens is 1. The summed E-state index contributed by atoms with van der Waals surface area (Å²) in [6.45, 7) is 2.56. The molecule has 5 rings (SSSR count). The molecule has 1 atom stereocenters. The summed E-state index contributed by atoms with van der Waals surface area (Å²) in [5, 5.41) is 9.15. The van der Waals surface area contributed by atoms with Gasteiger partial charge in [0.25, 0.3) is 5.91 Å². The molecule has 4 aromatic heterocycles. The van der Waals surface area contributed by atoms with Crippen molar-refractivity contribution < 1.29 is 4.79 Å². The molecular formula is C21H19ClN8O. The Labute approximate surface area is 182 Å². The van der Waals surface area contributed by atoms with Gasteiger partial charge >= 0.3 is 0 Å². The van der Waals surface area contributed by atoms with Crippen LogP contribution in [0, 0.1) is 0 Å². The van der Waals surface area contributed by atoms with Crippen LogP contribution in [0.4, 0.5) is 0 Å². The Hall–Kier alpha value is -3.72. The number of benzene rings is 1. The van der Waals surface area contributed by atoms with Crippen LogP contribution in [-0.2, 0) is 13.6 Å². The van der Waals surface area contributed by atoms with Crippen LogP contribution < -0.4 is 5.32 Å². The summed E-state index contributed by atoms with van der Waals surface area (Å²) in [5.41, 5.74) is 3.64. The summed E-state index contributed by atoms with van der Waals surface area (Å²) in [6, 6.07) is 5.50. The first-order valence-corrected chi connectivity index (χ1v) is 10.1. The maximum atomic E-state index is 12.9. The molecule has 0 saturated heterocycles. The molecule has 0 radical (unpaired) electrons. The predicted octanol–water partition coefficient (Wildman–Crippen LogP) is 3.18. The molecule has 0 saturated carbocycles. The largest absolute Gasteiger partial charge is 0.348 e. The molecule has 0 aliphatic heterocycles. The molecule has 31 heavy (non-hydrogen) atoms. The van der Waals surface area contributed by atoms with Crippen LogP contribution in [0.25, 0.3) is 33.5 Å². The number of nitrogens with one attached hydrogen (secondary N) is 2.